The molecule has 2 N–H and O–H groups in total. The van der Waals surface area contributed by atoms with E-state index >= 15 is 0 Å². The Balaban J connectivity index is 1.59. The number of carbonyl (C=O) groups is 2. The molecular weight excluding hydrogens is 288 g/mol. The first kappa shape index (κ1) is 15.0. The molecule has 4 aliphatic carbocycles. The second-order valence-corrected chi connectivity index (χ2v) is 8.33. The van der Waals surface area contributed by atoms with Gasteiger partial charge in [-0.25, -0.2) is 0 Å². The maximum atomic E-state index is 12.9. The van der Waals surface area contributed by atoms with Crippen LogP contribution >= 0.6 is 0 Å². The smallest absolute Gasteiger partial charge is 0.268 e. The summed E-state index contributed by atoms with van der Waals surface area (Å²) in [6.07, 6.45) is 7.52. The Morgan fingerprint density at radius 2 is 1.57 bits per heavy atom. The quantitative estimate of drug-likeness (QED) is 0.838. The molecule has 1 heterocycles. The van der Waals surface area contributed by atoms with Gasteiger partial charge in [0, 0.05) is 16.8 Å². The van der Waals surface area contributed by atoms with Crippen LogP contribution in [-0.2, 0) is 0 Å². The molecule has 4 bridgehead atoms. The highest BCUT2D eigenvalue weighted by Crippen LogP contribution is 2.55. The molecular formula is C19H26N2O2. The zero-order valence-corrected chi connectivity index (χ0v) is 14.3. The lowest BCUT2D eigenvalue weighted by atomic mass is 9.53. The lowest BCUT2D eigenvalue weighted by molar-refractivity contribution is -0.0167. The highest BCUT2D eigenvalue weighted by Gasteiger charge is 2.51. The third kappa shape index (κ3) is 2.34. The molecule has 0 unspecified atom stereocenters. The van der Waals surface area contributed by atoms with E-state index in [0.29, 0.717) is 11.3 Å². The summed E-state index contributed by atoms with van der Waals surface area (Å²) < 4.78 is 0. The minimum absolute atomic E-state index is 0.00761. The fourth-order valence-corrected chi connectivity index (χ4v) is 6.07. The molecule has 4 aliphatic rings. The molecule has 0 aromatic carbocycles. The largest absolute Gasteiger partial charge is 0.354 e. The molecule has 1 aromatic rings. The summed E-state index contributed by atoms with van der Waals surface area (Å²) in [5.41, 5.74) is 2.83. The van der Waals surface area contributed by atoms with Gasteiger partial charge in [-0.2, -0.15) is 0 Å². The van der Waals surface area contributed by atoms with E-state index in [-0.39, 0.29) is 17.2 Å². The van der Waals surface area contributed by atoms with Gasteiger partial charge in [0.25, 0.3) is 5.91 Å². The maximum Gasteiger partial charge on any atom is 0.268 e. The van der Waals surface area contributed by atoms with Gasteiger partial charge in [0.05, 0.1) is 0 Å². The molecule has 1 amide bonds. The van der Waals surface area contributed by atoms with Gasteiger partial charge in [0.1, 0.15) is 5.69 Å². The number of ketones is 1. The Kier molecular flexibility index (Phi) is 3.23. The van der Waals surface area contributed by atoms with Crippen LogP contribution in [0.25, 0.3) is 0 Å². The van der Waals surface area contributed by atoms with Crippen molar-refractivity contribution in [3.63, 3.8) is 0 Å². The molecule has 0 aliphatic heterocycles. The van der Waals surface area contributed by atoms with Crippen molar-refractivity contribution in [2.24, 2.45) is 17.8 Å². The van der Waals surface area contributed by atoms with Crippen LogP contribution in [0.1, 0.15) is 77.6 Å². The standard InChI is InChI=1S/C19H26N2O2/c1-10-16(12(3)22)11(2)20-17(10)18(23)21-19-7-13-4-14(8-19)6-15(5-13)9-19/h13-15,20H,4-9H2,1-3H3,(H,21,23). The molecule has 0 radical (unpaired) electrons. The number of aryl methyl sites for hydroxylation is 1. The van der Waals surface area contributed by atoms with Crippen molar-refractivity contribution in [3.05, 3.63) is 22.5 Å². The number of aromatic amines is 1. The van der Waals surface area contributed by atoms with Crippen molar-refractivity contribution in [1.82, 2.24) is 10.3 Å². The lowest BCUT2D eigenvalue weighted by Gasteiger charge is -2.56. The molecule has 4 saturated carbocycles. The van der Waals surface area contributed by atoms with E-state index in [4.69, 9.17) is 0 Å². The van der Waals surface area contributed by atoms with Crippen LogP contribution in [-0.4, -0.2) is 22.2 Å². The molecule has 23 heavy (non-hydrogen) atoms. The molecule has 0 saturated heterocycles. The fraction of sp³-hybridized carbons (Fsp3) is 0.684. The summed E-state index contributed by atoms with van der Waals surface area (Å²) in [6, 6.07) is 0. The molecule has 1 aromatic heterocycles. The van der Waals surface area contributed by atoms with Crippen molar-refractivity contribution >= 4 is 11.7 Å². The Morgan fingerprint density at radius 1 is 1.04 bits per heavy atom. The predicted octanol–water partition coefficient (Wildman–Crippen LogP) is 3.53. The molecule has 0 spiro atoms. The first-order valence-electron chi connectivity index (χ1n) is 8.89. The Hall–Kier alpha value is -1.58. The number of nitrogens with one attached hydrogen (secondary N) is 2. The normalized spacial score (nSPS) is 34.7. The number of hydrogen-bond acceptors (Lipinski definition) is 2. The Labute approximate surface area is 137 Å². The van der Waals surface area contributed by atoms with Gasteiger partial charge < -0.3 is 10.3 Å². The van der Waals surface area contributed by atoms with Crippen molar-refractivity contribution in [3.8, 4) is 0 Å². The van der Waals surface area contributed by atoms with E-state index < -0.39 is 0 Å². The van der Waals surface area contributed by atoms with Gasteiger partial charge in [0.15, 0.2) is 5.78 Å². The van der Waals surface area contributed by atoms with E-state index in [9.17, 15) is 9.59 Å². The average molecular weight is 314 g/mol. The van der Waals surface area contributed by atoms with Crippen LogP contribution in [0.4, 0.5) is 0 Å². The van der Waals surface area contributed by atoms with Gasteiger partial charge in [0.2, 0.25) is 0 Å². The summed E-state index contributed by atoms with van der Waals surface area (Å²) in [5.74, 6) is 2.41. The van der Waals surface area contributed by atoms with Crippen LogP contribution in [0, 0.1) is 31.6 Å². The Morgan fingerprint density at radius 3 is 2.00 bits per heavy atom. The van der Waals surface area contributed by atoms with Crippen LogP contribution in [0.2, 0.25) is 0 Å². The number of H-pyrrole nitrogens is 1. The van der Waals surface area contributed by atoms with Crippen LogP contribution in [0.15, 0.2) is 0 Å². The van der Waals surface area contributed by atoms with E-state index in [0.717, 1.165) is 48.3 Å². The summed E-state index contributed by atoms with van der Waals surface area (Å²) >= 11 is 0. The minimum Gasteiger partial charge on any atom is -0.354 e. The third-order valence-corrected chi connectivity index (χ3v) is 6.43. The van der Waals surface area contributed by atoms with Gasteiger partial charge >= 0.3 is 0 Å². The monoisotopic (exact) mass is 314 g/mol. The number of hydrogen-bond donors (Lipinski definition) is 2. The molecule has 4 fully saturated rings. The molecule has 4 heteroatoms. The van der Waals surface area contributed by atoms with Crippen LogP contribution in [0.5, 0.6) is 0 Å². The van der Waals surface area contributed by atoms with Gasteiger partial charge in [-0.15, -0.1) is 0 Å². The average Bonchev–Trinajstić information content (AvgIpc) is 2.71. The van der Waals surface area contributed by atoms with Crippen molar-refractivity contribution in [1.29, 1.82) is 0 Å². The Bertz CT molecular complexity index is 651. The van der Waals surface area contributed by atoms with E-state index in [2.05, 4.69) is 10.3 Å². The first-order valence-corrected chi connectivity index (χ1v) is 8.89. The maximum absolute atomic E-state index is 12.9. The van der Waals surface area contributed by atoms with Crippen molar-refractivity contribution in [2.75, 3.05) is 0 Å². The number of Topliss-reactive ketones (excluding diaryl/α,β-unsaturated/α-hetero) is 1. The SMILES string of the molecule is CC(=O)c1c(C)[nH]c(C(=O)NC23CC4CC(CC(C4)C2)C3)c1C. The summed E-state index contributed by atoms with van der Waals surface area (Å²) in [6.45, 7) is 5.30. The summed E-state index contributed by atoms with van der Waals surface area (Å²) in [7, 11) is 0. The minimum atomic E-state index is -0.0277. The highest BCUT2D eigenvalue weighted by molar-refractivity contribution is 6.02. The predicted molar refractivity (Wildman–Crippen MR) is 88.6 cm³/mol. The summed E-state index contributed by atoms with van der Waals surface area (Å²) in [4.78, 5) is 27.8. The second kappa shape index (κ2) is 4.96. The number of amides is 1. The molecule has 0 atom stereocenters. The van der Waals surface area contributed by atoms with Gasteiger partial charge in [-0.1, -0.05) is 0 Å². The third-order valence-electron chi connectivity index (χ3n) is 6.43. The zero-order valence-electron chi connectivity index (χ0n) is 14.3. The van der Waals surface area contributed by atoms with Crippen molar-refractivity contribution < 1.29 is 9.59 Å². The van der Waals surface area contributed by atoms with Crippen LogP contribution < -0.4 is 5.32 Å². The van der Waals surface area contributed by atoms with E-state index in [1.54, 1.807) is 6.92 Å². The number of carbonyl (C=O) groups excluding carboxylic acids is 2. The van der Waals surface area contributed by atoms with E-state index in [1.165, 1.54) is 19.3 Å². The topological polar surface area (TPSA) is 62.0 Å². The van der Waals surface area contributed by atoms with Crippen molar-refractivity contribution in [2.45, 2.75) is 64.8 Å². The second-order valence-electron chi connectivity index (χ2n) is 8.33. The highest BCUT2D eigenvalue weighted by atomic mass is 16.2. The zero-order chi connectivity index (χ0) is 16.4. The lowest BCUT2D eigenvalue weighted by Crippen LogP contribution is -2.59. The number of rotatable bonds is 3. The van der Waals surface area contributed by atoms with E-state index in [1.807, 2.05) is 13.8 Å². The summed E-state index contributed by atoms with van der Waals surface area (Å²) in [5, 5.41) is 3.38. The number of aromatic nitrogens is 1. The molecule has 124 valence electrons. The van der Waals surface area contributed by atoms with Gasteiger partial charge in [-0.3, -0.25) is 9.59 Å². The fourth-order valence-electron chi connectivity index (χ4n) is 6.07. The van der Waals surface area contributed by atoms with Crippen LogP contribution in [0.3, 0.4) is 0 Å². The first-order chi connectivity index (χ1) is 10.9. The molecule has 4 nitrogen and oxygen atoms in total. The molecule has 5 rings (SSSR count). The van der Waals surface area contributed by atoms with Gasteiger partial charge in [-0.05, 0) is 82.6 Å².